The summed E-state index contributed by atoms with van der Waals surface area (Å²) in [4.78, 5) is 15.0. The van der Waals surface area contributed by atoms with E-state index in [1.54, 1.807) is 30.5 Å². The van der Waals surface area contributed by atoms with E-state index in [4.69, 9.17) is 11.6 Å². The molecule has 1 aromatic carbocycles. The topological polar surface area (TPSA) is 47.8 Å². The van der Waals surface area contributed by atoms with Gasteiger partial charge in [0.25, 0.3) is 0 Å². The first-order valence-electron chi connectivity index (χ1n) is 5.62. The Balaban J connectivity index is 2.25. The molecule has 0 spiro atoms. The maximum absolute atomic E-state index is 12.8. The van der Waals surface area contributed by atoms with Gasteiger partial charge in [0, 0.05) is 17.1 Å². The third-order valence-corrected chi connectivity index (χ3v) is 3.63. The van der Waals surface area contributed by atoms with Crippen molar-refractivity contribution in [2.24, 2.45) is 0 Å². The molecule has 0 aliphatic rings. The highest BCUT2D eigenvalue weighted by atomic mass is 35.5. The summed E-state index contributed by atoms with van der Waals surface area (Å²) in [6.45, 7) is 0. The number of rotatable bonds is 3. The van der Waals surface area contributed by atoms with Crippen molar-refractivity contribution in [2.75, 3.05) is 0 Å². The fourth-order valence-electron chi connectivity index (χ4n) is 2.02. The maximum Gasteiger partial charge on any atom is 0.188 e. The SMILES string of the molecule is O=Cc1nn(SF)c2ccc(-c3cccnc3Cl)cc12. The Morgan fingerprint density at radius 2 is 2.20 bits per heavy atom. The van der Waals surface area contributed by atoms with Gasteiger partial charge in [0.2, 0.25) is 0 Å². The minimum Gasteiger partial charge on any atom is -0.296 e. The normalized spacial score (nSPS) is 10.9. The largest absolute Gasteiger partial charge is 0.296 e. The summed E-state index contributed by atoms with van der Waals surface area (Å²) in [6.07, 6.45) is 2.20. The fraction of sp³-hybridized carbons (Fsp3) is 0. The van der Waals surface area contributed by atoms with Crippen LogP contribution in [0.15, 0.2) is 36.5 Å². The smallest absolute Gasteiger partial charge is 0.188 e. The molecule has 0 radical (unpaired) electrons. The number of aromatic nitrogens is 3. The first-order chi connectivity index (χ1) is 9.74. The molecule has 0 fully saturated rings. The molecule has 7 heteroatoms. The number of halogens is 2. The van der Waals surface area contributed by atoms with Crippen molar-refractivity contribution in [3.05, 3.63) is 47.4 Å². The molecule has 0 bridgehead atoms. The average molecular weight is 308 g/mol. The van der Waals surface area contributed by atoms with Crippen LogP contribution >= 0.6 is 23.9 Å². The fourth-order valence-corrected chi connectivity index (χ4v) is 2.60. The van der Waals surface area contributed by atoms with Gasteiger partial charge in [0.1, 0.15) is 10.8 Å². The molecule has 0 saturated heterocycles. The van der Waals surface area contributed by atoms with Gasteiger partial charge in [0.05, 0.1) is 5.52 Å². The number of pyridine rings is 1. The highest BCUT2D eigenvalue weighted by Crippen LogP contribution is 2.30. The average Bonchev–Trinajstić information content (AvgIpc) is 2.85. The van der Waals surface area contributed by atoms with Crippen LogP contribution in [0.5, 0.6) is 0 Å². The number of nitrogens with zero attached hydrogens (tertiary/aromatic N) is 3. The van der Waals surface area contributed by atoms with Crippen LogP contribution in [-0.2, 0) is 0 Å². The molecule has 20 heavy (non-hydrogen) atoms. The van der Waals surface area contributed by atoms with Crippen LogP contribution in [0.25, 0.3) is 22.0 Å². The van der Waals surface area contributed by atoms with E-state index in [9.17, 15) is 8.68 Å². The van der Waals surface area contributed by atoms with Crippen molar-refractivity contribution >= 4 is 41.1 Å². The lowest BCUT2D eigenvalue weighted by Crippen LogP contribution is -1.86. The summed E-state index contributed by atoms with van der Waals surface area (Å²) in [5.74, 6) is 0. The Labute approximate surface area is 123 Å². The minimum atomic E-state index is -0.0524. The van der Waals surface area contributed by atoms with E-state index in [0.29, 0.717) is 22.3 Å². The van der Waals surface area contributed by atoms with Gasteiger partial charge in [-0.1, -0.05) is 17.7 Å². The number of carbonyl (C=O) groups excluding carboxylic acids is 1. The number of carbonyl (C=O) groups is 1. The number of hydrogen-bond acceptors (Lipinski definition) is 4. The highest BCUT2D eigenvalue weighted by Gasteiger charge is 2.13. The number of aldehydes is 1. The van der Waals surface area contributed by atoms with Crippen molar-refractivity contribution in [1.82, 2.24) is 14.2 Å². The Hall–Kier alpha value is -1.92. The Kier molecular flexibility index (Phi) is 3.42. The molecule has 3 aromatic rings. The molecule has 0 saturated carbocycles. The lowest BCUT2D eigenvalue weighted by Gasteiger charge is -2.03. The van der Waals surface area contributed by atoms with E-state index < -0.39 is 0 Å². The monoisotopic (exact) mass is 307 g/mol. The molecule has 0 aliphatic heterocycles. The van der Waals surface area contributed by atoms with Crippen LogP contribution in [-0.4, -0.2) is 20.5 Å². The van der Waals surface area contributed by atoms with Gasteiger partial charge in [-0.15, -0.1) is 3.89 Å². The van der Waals surface area contributed by atoms with E-state index >= 15 is 0 Å². The zero-order valence-corrected chi connectivity index (χ0v) is 11.5. The molecule has 0 unspecified atom stereocenters. The van der Waals surface area contributed by atoms with Crippen LogP contribution in [0.1, 0.15) is 10.5 Å². The maximum atomic E-state index is 12.8. The Morgan fingerprint density at radius 1 is 1.35 bits per heavy atom. The van der Waals surface area contributed by atoms with Crippen LogP contribution in [0.3, 0.4) is 0 Å². The highest BCUT2D eigenvalue weighted by molar-refractivity contribution is 7.92. The zero-order chi connectivity index (χ0) is 14.1. The first kappa shape index (κ1) is 13.1. The van der Waals surface area contributed by atoms with Gasteiger partial charge in [-0.05, 0) is 29.8 Å². The van der Waals surface area contributed by atoms with Crippen LogP contribution in [0.2, 0.25) is 5.15 Å². The van der Waals surface area contributed by atoms with Crippen LogP contribution in [0, 0.1) is 0 Å². The van der Waals surface area contributed by atoms with Crippen molar-refractivity contribution < 1.29 is 8.68 Å². The molecule has 2 heterocycles. The summed E-state index contributed by atoms with van der Waals surface area (Å²) in [5.41, 5.74) is 2.26. The molecular weight excluding hydrogens is 301 g/mol. The van der Waals surface area contributed by atoms with E-state index in [0.717, 1.165) is 15.2 Å². The van der Waals surface area contributed by atoms with E-state index in [1.807, 2.05) is 6.07 Å². The Bertz CT molecular complexity index is 805. The second kappa shape index (κ2) is 5.22. The van der Waals surface area contributed by atoms with Gasteiger partial charge < -0.3 is 0 Å². The number of fused-ring (bicyclic) bond motifs is 1. The lowest BCUT2D eigenvalue weighted by atomic mass is 10.0. The molecule has 100 valence electrons. The number of benzene rings is 1. The van der Waals surface area contributed by atoms with Crippen LogP contribution < -0.4 is 0 Å². The molecule has 2 aromatic heterocycles. The van der Waals surface area contributed by atoms with Crippen molar-refractivity contribution in [3.8, 4) is 11.1 Å². The minimum absolute atomic E-state index is 0.0524. The molecule has 3 rings (SSSR count). The molecule has 4 nitrogen and oxygen atoms in total. The quantitative estimate of drug-likeness (QED) is 0.543. The van der Waals surface area contributed by atoms with E-state index in [2.05, 4.69) is 10.1 Å². The first-order valence-corrected chi connectivity index (χ1v) is 6.67. The molecule has 0 aliphatic carbocycles. The molecule has 0 amide bonds. The van der Waals surface area contributed by atoms with Crippen molar-refractivity contribution in [2.45, 2.75) is 0 Å². The summed E-state index contributed by atoms with van der Waals surface area (Å²) in [5, 5.41) is 4.81. The summed E-state index contributed by atoms with van der Waals surface area (Å²) < 4.78 is 13.8. The standard InChI is InChI=1S/C13H7ClFN3OS/c14-13-9(2-1-5-16-13)8-3-4-12-10(6-8)11(7-19)17-18(12)20-15/h1-7H. The third kappa shape index (κ3) is 2.07. The lowest BCUT2D eigenvalue weighted by molar-refractivity contribution is 0.112. The predicted octanol–water partition coefficient (Wildman–Crippen LogP) is 3.95. The van der Waals surface area contributed by atoms with Crippen LogP contribution in [0.4, 0.5) is 3.89 Å². The molecule has 0 atom stereocenters. The summed E-state index contributed by atoms with van der Waals surface area (Å²) >= 11 is 6.00. The second-order valence-electron chi connectivity index (χ2n) is 4.02. The Morgan fingerprint density at radius 3 is 2.90 bits per heavy atom. The predicted molar refractivity (Wildman–Crippen MR) is 77.5 cm³/mol. The van der Waals surface area contributed by atoms with Gasteiger partial charge in [-0.3, -0.25) is 4.79 Å². The molecular formula is C13H7ClFN3OS. The van der Waals surface area contributed by atoms with Gasteiger partial charge >= 0.3 is 0 Å². The second-order valence-corrected chi connectivity index (χ2v) is 4.86. The van der Waals surface area contributed by atoms with Crippen molar-refractivity contribution in [3.63, 3.8) is 0 Å². The van der Waals surface area contributed by atoms with E-state index in [-0.39, 0.29) is 18.0 Å². The zero-order valence-electron chi connectivity index (χ0n) is 9.96. The van der Waals surface area contributed by atoms with Gasteiger partial charge in [0.15, 0.2) is 18.6 Å². The van der Waals surface area contributed by atoms with E-state index in [1.165, 1.54) is 0 Å². The summed E-state index contributed by atoms with van der Waals surface area (Å²) in [6, 6.07) is 8.83. The third-order valence-electron chi connectivity index (χ3n) is 2.92. The number of hydrogen-bond donors (Lipinski definition) is 0. The van der Waals surface area contributed by atoms with Gasteiger partial charge in [-0.25, -0.2) is 4.98 Å². The van der Waals surface area contributed by atoms with Gasteiger partial charge in [-0.2, -0.15) is 9.19 Å². The molecule has 0 N–H and O–H groups in total. The summed E-state index contributed by atoms with van der Waals surface area (Å²) in [7, 11) is 0. The van der Waals surface area contributed by atoms with Crippen molar-refractivity contribution in [1.29, 1.82) is 0 Å².